The highest BCUT2D eigenvalue weighted by atomic mass is 35.5. The van der Waals surface area contributed by atoms with Crippen LogP contribution >= 0.6 is 11.6 Å². The van der Waals surface area contributed by atoms with Crippen molar-refractivity contribution in [3.63, 3.8) is 0 Å². The zero-order chi connectivity index (χ0) is 22.8. The van der Waals surface area contributed by atoms with E-state index in [2.05, 4.69) is 15.4 Å². The van der Waals surface area contributed by atoms with Gasteiger partial charge in [0.25, 0.3) is 0 Å². The first kappa shape index (κ1) is 21.6. The minimum atomic E-state index is -0.496. The van der Waals surface area contributed by atoms with Crippen LogP contribution < -0.4 is 15.6 Å². The van der Waals surface area contributed by atoms with E-state index >= 15 is 0 Å². The Balaban J connectivity index is 1.75. The first-order valence-corrected chi connectivity index (χ1v) is 10.2. The number of hydrogen-bond acceptors (Lipinski definition) is 5. The van der Waals surface area contributed by atoms with Crippen molar-refractivity contribution >= 4 is 23.2 Å². The number of aryl methyl sites for hydroxylation is 2. The summed E-state index contributed by atoms with van der Waals surface area (Å²) in [7, 11) is 3.28. The Hall–Kier alpha value is -3.65. The summed E-state index contributed by atoms with van der Waals surface area (Å²) in [5, 5.41) is 7.51. The van der Waals surface area contributed by atoms with Gasteiger partial charge in [0, 0.05) is 24.5 Å². The number of methoxy groups -OCH3 is 1. The fourth-order valence-electron chi connectivity index (χ4n) is 3.36. The summed E-state index contributed by atoms with van der Waals surface area (Å²) in [5.41, 5.74) is 3.92. The van der Waals surface area contributed by atoms with Crippen LogP contribution in [0.25, 0.3) is 11.3 Å². The second kappa shape index (κ2) is 8.84. The molecule has 4 rings (SSSR count). The summed E-state index contributed by atoms with van der Waals surface area (Å²) in [6.07, 6.45) is 3.30. The highest BCUT2D eigenvalue weighted by molar-refractivity contribution is 6.30. The molecule has 0 aliphatic rings. The molecule has 2 aromatic carbocycles. The first-order chi connectivity index (χ1) is 15.4. The zero-order valence-corrected chi connectivity index (χ0v) is 18.5. The van der Waals surface area contributed by atoms with Gasteiger partial charge < -0.3 is 14.6 Å². The third-order valence-electron chi connectivity index (χ3n) is 5.12. The molecule has 0 saturated heterocycles. The van der Waals surface area contributed by atoms with E-state index < -0.39 is 11.4 Å². The van der Waals surface area contributed by atoms with Gasteiger partial charge in [-0.2, -0.15) is 10.1 Å². The second-order valence-corrected chi connectivity index (χ2v) is 7.72. The van der Waals surface area contributed by atoms with Crippen LogP contribution in [0, 0.1) is 12.7 Å². The van der Waals surface area contributed by atoms with Crippen molar-refractivity contribution in [1.29, 1.82) is 0 Å². The predicted molar refractivity (Wildman–Crippen MR) is 122 cm³/mol. The number of halogens is 2. The minimum Gasteiger partial charge on any atom is -0.490 e. The minimum absolute atomic E-state index is 0.0256. The van der Waals surface area contributed by atoms with E-state index in [1.54, 1.807) is 33.8 Å². The van der Waals surface area contributed by atoms with Crippen LogP contribution in [-0.4, -0.2) is 26.4 Å². The third kappa shape index (κ3) is 4.36. The maximum atomic E-state index is 13.6. The van der Waals surface area contributed by atoms with Crippen LogP contribution in [0.15, 0.2) is 59.7 Å². The van der Waals surface area contributed by atoms with Crippen LogP contribution in [0.1, 0.15) is 11.1 Å². The van der Waals surface area contributed by atoms with Gasteiger partial charge in [-0.05, 0) is 42.3 Å². The van der Waals surface area contributed by atoms with Gasteiger partial charge in [0.1, 0.15) is 5.82 Å². The van der Waals surface area contributed by atoms with E-state index in [1.165, 1.54) is 13.2 Å². The van der Waals surface area contributed by atoms with E-state index in [1.807, 2.05) is 38.2 Å². The molecule has 2 heterocycles. The monoisotopic (exact) mass is 453 g/mol. The molecule has 0 amide bonds. The second-order valence-electron chi connectivity index (χ2n) is 7.31. The molecule has 0 saturated carbocycles. The fraction of sp³-hybridized carbons (Fsp3) is 0.174. The van der Waals surface area contributed by atoms with Gasteiger partial charge in [0.05, 0.1) is 30.6 Å². The Bertz CT molecular complexity index is 1350. The summed E-state index contributed by atoms with van der Waals surface area (Å²) in [4.78, 5) is 16.5. The maximum Gasteiger partial charge on any atom is 0.316 e. The van der Waals surface area contributed by atoms with Crippen molar-refractivity contribution in [1.82, 2.24) is 19.3 Å². The van der Waals surface area contributed by atoms with Crippen LogP contribution in [0.4, 0.5) is 16.0 Å². The molecular formula is C23H21ClFN5O2. The van der Waals surface area contributed by atoms with E-state index in [0.717, 1.165) is 28.1 Å². The van der Waals surface area contributed by atoms with Crippen LogP contribution in [0.2, 0.25) is 5.02 Å². The number of ether oxygens (including phenoxy) is 1. The lowest BCUT2D eigenvalue weighted by Gasteiger charge is -2.17. The molecule has 0 spiro atoms. The molecule has 4 aromatic rings. The number of nitrogens with zero attached hydrogens (tertiary/aromatic N) is 4. The number of rotatable bonds is 6. The molecule has 0 radical (unpaired) electrons. The molecule has 0 aliphatic carbocycles. The van der Waals surface area contributed by atoms with E-state index in [0.29, 0.717) is 12.5 Å². The lowest BCUT2D eigenvalue weighted by molar-refractivity contribution is 0.402. The van der Waals surface area contributed by atoms with Crippen LogP contribution in [0.5, 0.6) is 5.75 Å². The number of anilines is 2. The maximum absolute atomic E-state index is 13.6. The summed E-state index contributed by atoms with van der Waals surface area (Å²) < 4.78 is 22.2. The van der Waals surface area contributed by atoms with Crippen molar-refractivity contribution < 1.29 is 9.13 Å². The summed E-state index contributed by atoms with van der Waals surface area (Å²) in [5.74, 6) is -0.0717. The smallest absolute Gasteiger partial charge is 0.316 e. The Morgan fingerprint density at radius 2 is 2.00 bits per heavy atom. The zero-order valence-electron chi connectivity index (χ0n) is 17.8. The van der Waals surface area contributed by atoms with Gasteiger partial charge in [0.15, 0.2) is 0 Å². The molecule has 0 unspecified atom stereocenters. The number of aromatic nitrogens is 4. The van der Waals surface area contributed by atoms with Gasteiger partial charge in [-0.3, -0.25) is 9.48 Å². The number of nitrogens with one attached hydrogen (secondary N) is 1. The number of hydrogen-bond donors (Lipinski definition) is 1. The summed E-state index contributed by atoms with van der Waals surface area (Å²) in [6, 6.07) is 12.4. The molecule has 9 heteroatoms. The average Bonchev–Trinajstić information content (AvgIpc) is 3.20. The van der Waals surface area contributed by atoms with Gasteiger partial charge in [-0.15, -0.1) is 0 Å². The van der Waals surface area contributed by atoms with Gasteiger partial charge in [0.2, 0.25) is 11.7 Å². The van der Waals surface area contributed by atoms with Crippen LogP contribution in [0.3, 0.4) is 0 Å². The molecule has 0 atom stereocenters. The molecule has 32 heavy (non-hydrogen) atoms. The Labute approximate surface area is 189 Å². The lowest BCUT2D eigenvalue weighted by atomic mass is 10.1. The predicted octanol–water partition coefficient (Wildman–Crippen LogP) is 4.55. The Kier molecular flexibility index (Phi) is 5.96. The molecule has 164 valence electrons. The lowest BCUT2D eigenvalue weighted by Crippen LogP contribution is -2.19. The molecule has 0 fully saturated rings. The normalized spacial score (nSPS) is 10.9. The highest BCUT2D eigenvalue weighted by Crippen LogP contribution is 2.27. The van der Waals surface area contributed by atoms with Gasteiger partial charge in [-0.1, -0.05) is 29.8 Å². The Morgan fingerprint density at radius 3 is 2.69 bits per heavy atom. The fourth-order valence-corrected chi connectivity index (χ4v) is 3.57. The van der Waals surface area contributed by atoms with Gasteiger partial charge >= 0.3 is 5.56 Å². The highest BCUT2D eigenvalue weighted by Gasteiger charge is 2.13. The molecular weight excluding hydrogens is 433 g/mol. The topological polar surface area (TPSA) is 74.0 Å². The standard InChI is InChI=1S/C23H21ClFN5O2/c1-14-4-6-16(20-8-9-26-29(20)2)11-19(14)27-23-28-22(31)21(32-3)13-30(23)12-15-5-7-18(25)17(24)10-15/h4-11,13H,12H2,1-3H3,(H,27,28,31). The summed E-state index contributed by atoms with van der Waals surface area (Å²) in [6.45, 7) is 2.26. The summed E-state index contributed by atoms with van der Waals surface area (Å²) >= 11 is 5.94. The van der Waals surface area contributed by atoms with Crippen molar-refractivity contribution in [3.8, 4) is 17.0 Å². The van der Waals surface area contributed by atoms with Crippen molar-refractivity contribution in [2.24, 2.45) is 7.05 Å². The van der Waals surface area contributed by atoms with E-state index in [4.69, 9.17) is 16.3 Å². The van der Waals surface area contributed by atoms with Crippen molar-refractivity contribution in [3.05, 3.63) is 87.2 Å². The van der Waals surface area contributed by atoms with Crippen LogP contribution in [-0.2, 0) is 13.6 Å². The van der Waals surface area contributed by atoms with E-state index in [-0.39, 0.29) is 10.8 Å². The first-order valence-electron chi connectivity index (χ1n) is 9.81. The third-order valence-corrected chi connectivity index (χ3v) is 5.41. The molecule has 0 bridgehead atoms. The molecule has 2 aromatic heterocycles. The SMILES string of the molecule is COc1cn(Cc2ccc(F)c(Cl)c2)c(Nc2cc(-c3ccnn3C)ccc2C)nc1=O. The molecule has 0 aliphatic heterocycles. The largest absolute Gasteiger partial charge is 0.490 e. The number of benzene rings is 2. The quantitative estimate of drug-likeness (QED) is 0.463. The average molecular weight is 454 g/mol. The van der Waals surface area contributed by atoms with E-state index in [9.17, 15) is 9.18 Å². The van der Waals surface area contributed by atoms with Crippen molar-refractivity contribution in [2.75, 3.05) is 12.4 Å². The molecule has 7 nitrogen and oxygen atoms in total. The molecule has 1 N–H and O–H groups in total. The van der Waals surface area contributed by atoms with Crippen molar-refractivity contribution in [2.45, 2.75) is 13.5 Å². The van der Waals surface area contributed by atoms with Gasteiger partial charge in [-0.25, -0.2) is 4.39 Å². The Morgan fingerprint density at radius 1 is 1.19 bits per heavy atom.